The van der Waals surface area contributed by atoms with E-state index in [1.165, 1.54) is 109 Å². The fourth-order valence-corrected chi connectivity index (χ4v) is 6.81. The molecule has 0 aliphatic rings. The number of hydrogen-bond acceptors (Lipinski definition) is 6. The molecule has 0 bridgehead atoms. The molecule has 0 fully saturated rings. The molecule has 6 nitrogen and oxygen atoms in total. The largest absolute Gasteiger partial charge is 0.462 e. The number of rotatable bonds is 45. The van der Waals surface area contributed by atoms with Gasteiger partial charge in [-0.15, -0.1) is 0 Å². The van der Waals surface area contributed by atoms with E-state index in [0.29, 0.717) is 19.3 Å². The van der Waals surface area contributed by atoms with Crippen molar-refractivity contribution < 1.29 is 28.6 Å². The maximum absolute atomic E-state index is 12.7. The monoisotopic (exact) mass is 851 g/mol. The van der Waals surface area contributed by atoms with Gasteiger partial charge in [-0.3, -0.25) is 14.4 Å². The zero-order chi connectivity index (χ0) is 44.4. The van der Waals surface area contributed by atoms with Crippen molar-refractivity contribution in [2.45, 2.75) is 245 Å². The lowest BCUT2D eigenvalue weighted by Crippen LogP contribution is -2.30. The predicted molar refractivity (Wildman–Crippen MR) is 261 cm³/mol. The second kappa shape index (κ2) is 49.5. The van der Waals surface area contributed by atoms with Crippen LogP contribution in [0.25, 0.3) is 0 Å². The third kappa shape index (κ3) is 47.7. The summed E-state index contributed by atoms with van der Waals surface area (Å²) in [6.45, 7) is 6.51. The van der Waals surface area contributed by atoms with Crippen LogP contribution < -0.4 is 0 Å². The van der Waals surface area contributed by atoms with Gasteiger partial charge in [0.1, 0.15) is 13.2 Å². The Bertz CT molecular complexity index is 1160. The second-order valence-corrected chi connectivity index (χ2v) is 16.7. The van der Waals surface area contributed by atoms with E-state index in [1.807, 2.05) is 0 Å². The van der Waals surface area contributed by atoms with E-state index in [2.05, 4.69) is 93.7 Å². The highest BCUT2D eigenvalue weighted by Gasteiger charge is 2.19. The normalized spacial score (nSPS) is 12.6. The second-order valence-electron chi connectivity index (χ2n) is 16.7. The van der Waals surface area contributed by atoms with Crippen LogP contribution in [-0.4, -0.2) is 37.2 Å². The number of esters is 3. The van der Waals surface area contributed by atoms with E-state index in [4.69, 9.17) is 14.2 Å². The Balaban J connectivity index is 4.40. The Morgan fingerprint density at radius 2 is 0.590 bits per heavy atom. The molecule has 0 saturated heterocycles. The molecule has 6 heteroatoms. The van der Waals surface area contributed by atoms with Crippen LogP contribution in [0.5, 0.6) is 0 Å². The van der Waals surface area contributed by atoms with Crippen LogP contribution in [0.3, 0.4) is 0 Å². The molecule has 1 atom stereocenters. The van der Waals surface area contributed by atoms with Crippen LogP contribution in [0.2, 0.25) is 0 Å². The van der Waals surface area contributed by atoms with E-state index in [9.17, 15) is 14.4 Å². The highest BCUT2D eigenvalue weighted by Crippen LogP contribution is 2.13. The van der Waals surface area contributed by atoms with Gasteiger partial charge in [0.25, 0.3) is 0 Å². The van der Waals surface area contributed by atoms with Crippen molar-refractivity contribution in [3.63, 3.8) is 0 Å². The third-order valence-electron chi connectivity index (χ3n) is 10.7. The Kier molecular flexibility index (Phi) is 46.9. The molecule has 61 heavy (non-hydrogen) atoms. The van der Waals surface area contributed by atoms with Crippen LogP contribution >= 0.6 is 0 Å². The van der Waals surface area contributed by atoms with Crippen LogP contribution in [0, 0.1) is 0 Å². The van der Waals surface area contributed by atoms with E-state index < -0.39 is 6.10 Å². The fraction of sp³-hybridized carbons (Fsp3) is 0.727. The zero-order valence-electron chi connectivity index (χ0n) is 39.9. The predicted octanol–water partition coefficient (Wildman–Crippen LogP) is 16.6. The molecular formula is C55H94O6. The van der Waals surface area contributed by atoms with Gasteiger partial charge in [-0.25, -0.2) is 0 Å². The van der Waals surface area contributed by atoms with Gasteiger partial charge in [0.15, 0.2) is 6.10 Å². The first-order valence-electron chi connectivity index (χ1n) is 25.4. The zero-order valence-corrected chi connectivity index (χ0v) is 39.9. The Labute approximate surface area is 376 Å². The van der Waals surface area contributed by atoms with Crippen molar-refractivity contribution in [2.24, 2.45) is 0 Å². The maximum Gasteiger partial charge on any atom is 0.306 e. The summed E-state index contributed by atoms with van der Waals surface area (Å²) >= 11 is 0. The molecule has 350 valence electrons. The SMILES string of the molecule is CCCCC/C=C\C/C=C\C/C=C\CCCCCCCCC(=O)OC[C@@H](COC(=O)CCCCCCCCCCC)OC(=O)CCCC/C=C\C/C=C\C/C=C\CCCCC. The molecule has 0 aromatic carbocycles. The summed E-state index contributed by atoms with van der Waals surface area (Å²) in [5.74, 6) is -0.949. The molecule has 0 radical (unpaired) electrons. The molecule has 0 aliphatic carbocycles. The van der Waals surface area contributed by atoms with Crippen molar-refractivity contribution in [2.75, 3.05) is 13.2 Å². The van der Waals surface area contributed by atoms with Crippen molar-refractivity contribution in [1.82, 2.24) is 0 Å². The molecule has 0 rings (SSSR count). The number of allylic oxidation sites excluding steroid dienone is 12. The minimum atomic E-state index is -0.797. The Hall–Kier alpha value is -3.15. The van der Waals surface area contributed by atoms with Gasteiger partial charge in [0, 0.05) is 19.3 Å². The first-order valence-corrected chi connectivity index (χ1v) is 25.4. The average Bonchev–Trinajstić information content (AvgIpc) is 3.26. The highest BCUT2D eigenvalue weighted by atomic mass is 16.6. The van der Waals surface area contributed by atoms with Crippen molar-refractivity contribution in [1.29, 1.82) is 0 Å². The van der Waals surface area contributed by atoms with Gasteiger partial charge in [0.2, 0.25) is 0 Å². The summed E-state index contributed by atoms with van der Waals surface area (Å²) in [7, 11) is 0. The van der Waals surface area contributed by atoms with Gasteiger partial charge in [-0.1, -0.05) is 196 Å². The lowest BCUT2D eigenvalue weighted by Gasteiger charge is -2.18. The number of unbranched alkanes of at least 4 members (excludes halogenated alkanes) is 22. The number of hydrogen-bond donors (Lipinski definition) is 0. The van der Waals surface area contributed by atoms with Crippen LogP contribution in [-0.2, 0) is 28.6 Å². The summed E-state index contributed by atoms with van der Waals surface area (Å²) < 4.78 is 16.7. The van der Waals surface area contributed by atoms with E-state index >= 15 is 0 Å². The van der Waals surface area contributed by atoms with Crippen molar-refractivity contribution >= 4 is 17.9 Å². The number of carbonyl (C=O) groups excluding carboxylic acids is 3. The van der Waals surface area contributed by atoms with E-state index in [0.717, 1.165) is 83.5 Å². The molecule has 0 aromatic heterocycles. The van der Waals surface area contributed by atoms with E-state index in [1.54, 1.807) is 0 Å². The topological polar surface area (TPSA) is 78.9 Å². The quantitative estimate of drug-likeness (QED) is 0.0263. The maximum atomic E-state index is 12.7. The minimum Gasteiger partial charge on any atom is -0.462 e. The van der Waals surface area contributed by atoms with Gasteiger partial charge in [0.05, 0.1) is 0 Å². The van der Waals surface area contributed by atoms with Crippen molar-refractivity contribution in [3.05, 3.63) is 72.9 Å². The van der Waals surface area contributed by atoms with Crippen molar-refractivity contribution in [3.8, 4) is 0 Å². The van der Waals surface area contributed by atoms with Gasteiger partial charge in [-0.2, -0.15) is 0 Å². The van der Waals surface area contributed by atoms with E-state index in [-0.39, 0.29) is 37.5 Å². The summed E-state index contributed by atoms with van der Waals surface area (Å²) in [6.07, 6.45) is 61.7. The first kappa shape index (κ1) is 57.9. The summed E-state index contributed by atoms with van der Waals surface area (Å²) in [5.41, 5.74) is 0. The smallest absolute Gasteiger partial charge is 0.306 e. The van der Waals surface area contributed by atoms with Gasteiger partial charge in [-0.05, 0) is 96.3 Å². The van der Waals surface area contributed by atoms with Gasteiger partial charge < -0.3 is 14.2 Å². The molecule has 0 heterocycles. The molecule has 0 aromatic rings. The Morgan fingerprint density at radius 1 is 0.328 bits per heavy atom. The molecule has 0 spiro atoms. The summed E-state index contributed by atoms with van der Waals surface area (Å²) in [4.78, 5) is 37.8. The highest BCUT2D eigenvalue weighted by molar-refractivity contribution is 5.71. The molecule has 0 N–H and O–H groups in total. The standard InChI is InChI=1S/C55H94O6/c1-4-7-10-13-16-19-21-23-25-26-27-28-30-31-33-36-39-42-45-48-54(57)60-51-52(50-59-53(56)47-44-41-38-35-18-15-12-9-6-3)61-55(58)49-46-43-40-37-34-32-29-24-22-20-17-14-11-8-5-2/h16-17,19-20,23-25,27-29,34,37,52H,4-15,18,21-22,26,30-33,35-36,38-51H2,1-3H3/b19-16-,20-17-,25-23-,28-27-,29-24-,37-34-/t52-/m1/s1. The average molecular weight is 851 g/mol. The van der Waals surface area contributed by atoms with Gasteiger partial charge >= 0.3 is 17.9 Å². The van der Waals surface area contributed by atoms with Crippen LogP contribution in [0.1, 0.15) is 239 Å². The molecule has 0 saturated carbocycles. The minimum absolute atomic E-state index is 0.0943. The molecule has 0 amide bonds. The van der Waals surface area contributed by atoms with Crippen LogP contribution in [0.15, 0.2) is 72.9 Å². The third-order valence-corrected chi connectivity index (χ3v) is 10.7. The van der Waals surface area contributed by atoms with Crippen LogP contribution in [0.4, 0.5) is 0 Å². The number of ether oxygens (including phenoxy) is 3. The number of carbonyl (C=O) groups is 3. The molecule has 0 aliphatic heterocycles. The summed E-state index contributed by atoms with van der Waals surface area (Å²) in [6, 6.07) is 0. The molecule has 0 unspecified atom stereocenters. The lowest BCUT2D eigenvalue weighted by molar-refractivity contribution is -0.167. The summed E-state index contributed by atoms with van der Waals surface area (Å²) in [5, 5.41) is 0. The Morgan fingerprint density at radius 3 is 0.984 bits per heavy atom. The molecular weight excluding hydrogens is 757 g/mol. The lowest BCUT2D eigenvalue weighted by atomic mass is 10.1. The first-order chi connectivity index (χ1) is 30.0. The fourth-order valence-electron chi connectivity index (χ4n) is 6.81.